The first-order valence-electron chi connectivity index (χ1n) is 9.55. The molecule has 0 aliphatic rings. The Balaban J connectivity index is 1.56. The van der Waals surface area contributed by atoms with E-state index in [1.165, 1.54) is 30.5 Å². The van der Waals surface area contributed by atoms with E-state index in [1.807, 2.05) is 6.92 Å². The number of amides is 1. The van der Waals surface area contributed by atoms with E-state index in [-0.39, 0.29) is 10.0 Å². The summed E-state index contributed by atoms with van der Waals surface area (Å²) in [6, 6.07) is 16.0. The molecule has 166 valence electrons. The van der Waals surface area contributed by atoms with Gasteiger partial charge >= 0.3 is 0 Å². The number of rotatable bonds is 8. The molecule has 0 aliphatic carbocycles. The third kappa shape index (κ3) is 6.69. The molecule has 3 rings (SSSR count). The normalized spacial score (nSPS) is 11.2. The molecule has 0 saturated heterocycles. The number of carbonyl (C=O) groups is 1. The zero-order valence-electron chi connectivity index (χ0n) is 17.1. The zero-order chi connectivity index (χ0) is 23.0. The molecule has 0 saturated carbocycles. The lowest BCUT2D eigenvalue weighted by Gasteiger charge is -2.11. The third-order valence-corrected chi connectivity index (χ3v) is 5.62. The Hall–Kier alpha value is -3.63. The van der Waals surface area contributed by atoms with Crippen LogP contribution < -0.4 is 20.1 Å². The highest BCUT2D eigenvalue weighted by Gasteiger charge is 2.14. The molecule has 0 bridgehead atoms. The molecule has 3 N–H and O–H groups in total. The molecule has 0 unspecified atom stereocenters. The van der Waals surface area contributed by atoms with Crippen LogP contribution in [0.2, 0.25) is 0 Å². The summed E-state index contributed by atoms with van der Waals surface area (Å²) in [5.74, 6) is 0.762. The molecule has 0 spiro atoms. The van der Waals surface area contributed by atoms with Gasteiger partial charge in [0.15, 0.2) is 5.11 Å². The lowest BCUT2D eigenvalue weighted by molar-refractivity contribution is -0.115. The van der Waals surface area contributed by atoms with Crippen molar-refractivity contribution in [2.75, 3.05) is 16.6 Å². The number of hydrogen-bond donors (Lipinski definition) is 3. The summed E-state index contributed by atoms with van der Waals surface area (Å²) >= 11 is 5.11. The average Bonchev–Trinajstić information content (AvgIpc) is 3.28. The van der Waals surface area contributed by atoms with E-state index in [2.05, 4.69) is 15.4 Å². The molecule has 1 heterocycles. The number of anilines is 2. The van der Waals surface area contributed by atoms with E-state index in [1.54, 1.807) is 48.5 Å². The summed E-state index contributed by atoms with van der Waals surface area (Å²) in [6.07, 6.45) is 4.30. The molecule has 1 amide bonds. The fourth-order valence-electron chi connectivity index (χ4n) is 2.58. The number of carbonyl (C=O) groups excluding carboxylic acids is 1. The van der Waals surface area contributed by atoms with Gasteiger partial charge in [-0.1, -0.05) is 0 Å². The highest BCUT2D eigenvalue weighted by Crippen LogP contribution is 2.20. The lowest BCUT2D eigenvalue weighted by Crippen LogP contribution is -2.32. The monoisotopic (exact) mass is 471 g/mol. The van der Waals surface area contributed by atoms with Crippen LogP contribution in [0.15, 0.2) is 82.3 Å². The van der Waals surface area contributed by atoms with Crippen molar-refractivity contribution < 1.29 is 22.4 Å². The Morgan fingerprint density at radius 3 is 2.38 bits per heavy atom. The number of sulfonamides is 1. The molecule has 2 aromatic carbocycles. The van der Waals surface area contributed by atoms with Gasteiger partial charge in [-0.2, -0.15) is 0 Å². The molecule has 0 radical (unpaired) electrons. The second-order valence-corrected chi connectivity index (χ2v) is 8.47. The van der Waals surface area contributed by atoms with Gasteiger partial charge in [0, 0.05) is 17.5 Å². The SMILES string of the molecule is CCOc1ccc(NS(=O)(=O)c2ccc(NC(=S)NC(=O)/C=C/c3ccco3)cc2)cc1. The van der Waals surface area contributed by atoms with Gasteiger partial charge in [0.05, 0.1) is 17.8 Å². The van der Waals surface area contributed by atoms with Gasteiger partial charge in [-0.05, 0) is 85.9 Å². The van der Waals surface area contributed by atoms with Crippen molar-refractivity contribution in [3.63, 3.8) is 0 Å². The van der Waals surface area contributed by atoms with Crippen molar-refractivity contribution >= 4 is 50.7 Å². The summed E-state index contributed by atoms with van der Waals surface area (Å²) in [5, 5.41) is 5.39. The maximum Gasteiger partial charge on any atom is 0.261 e. The smallest absolute Gasteiger partial charge is 0.261 e. The molecule has 0 aliphatic heterocycles. The first kappa shape index (κ1) is 23.0. The second-order valence-electron chi connectivity index (χ2n) is 6.38. The minimum absolute atomic E-state index is 0.0715. The van der Waals surface area contributed by atoms with Crippen molar-refractivity contribution in [3.05, 3.63) is 78.8 Å². The molecular weight excluding hydrogens is 450 g/mol. The number of furan rings is 1. The van der Waals surface area contributed by atoms with Crippen molar-refractivity contribution in [3.8, 4) is 5.75 Å². The van der Waals surface area contributed by atoms with E-state index in [0.29, 0.717) is 29.5 Å². The first-order valence-corrected chi connectivity index (χ1v) is 11.4. The number of nitrogens with one attached hydrogen (secondary N) is 3. The van der Waals surface area contributed by atoms with Crippen LogP contribution in [0.1, 0.15) is 12.7 Å². The summed E-state index contributed by atoms with van der Waals surface area (Å²) in [4.78, 5) is 12.0. The Kier molecular flexibility index (Phi) is 7.63. The van der Waals surface area contributed by atoms with Gasteiger partial charge in [-0.3, -0.25) is 14.8 Å². The van der Waals surface area contributed by atoms with Crippen molar-refractivity contribution in [2.45, 2.75) is 11.8 Å². The van der Waals surface area contributed by atoms with Crippen molar-refractivity contribution in [1.82, 2.24) is 5.32 Å². The van der Waals surface area contributed by atoms with E-state index >= 15 is 0 Å². The Bertz CT molecular complexity index is 1190. The van der Waals surface area contributed by atoms with Gasteiger partial charge in [0.25, 0.3) is 10.0 Å². The molecule has 0 atom stereocenters. The Morgan fingerprint density at radius 1 is 1.06 bits per heavy atom. The number of ether oxygens (including phenoxy) is 1. The lowest BCUT2D eigenvalue weighted by atomic mass is 10.3. The zero-order valence-corrected chi connectivity index (χ0v) is 18.7. The largest absolute Gasteiger partial charge is 0.494 e. The Morgan fingerprint density at radius 2 is 1.75 bits per heavy atom. The maximum absolute atomic E-state index is 12.6. The predicted octanol–water partition coefficient (Wildman–Crippen LogP) is 4.01. The predicted molar refractivity (Wildman–Crippen MR) is 127 cm³/mol. The molecule has 0 fully saturated rings. The van der Waals surface area contributed by atoms with E-state index in [0.717, 1.165) is 0 Å². The van der Waals surface area contributed by atoms with Crippen LogP contribution in [0.25, 0.3) is 6.08 Å². The molecule has 32 heavy (non-hydrogen) atoms. The van der Waals surface area contributed by atoms with Crippen LogP contribution >= 0.6 is 12.2 Å². The summed E-state index contributed by atoms with van der Waals surface area (Å²) in [6.45, 7) is 2.40. The van der Waals surface area contributed by atoms with Gasteiger partial charge < -0.3 is 14.5 Å². The van der Waals surface area contributed by atoms with Crippen LogP contribution in [-0.4, -0.2) is 26.0 Å². The minimum Gasteiger partial charge on any atom is -0.494 e. The second kappa shape index (κ2) is 10.6. The van der Waals surface area contributed by atoms with Crippen LogP contribution in [0, 0.1) is 0 Å². The molecule has 3 aromatic rings. The van der Waals surface area contributed by atoms with Gasteiger partial charge in [-0.15, -0.1) is 0 Å². The summed E-state index contributed by atoms with van der Waals surface area (Å²) in [5.41, 5.74) is 0.937. The van der Waals surface area contributed by atoms with Gasteiger partial charge in [-0.25, -0.2) is 8.42 Å². The van der Waals surface area contributed by atoms with Crippen LogP contribution in [0.4, 0.5) is 11.4 Å². The molecule has 10 heteroatoms. The molecule has 1 aromatic heterocycles. The van der Waals surface area contributed by atoms with Crippen LogP contribution in [0.3, 0.4) is 0 Å². The topological polar surface area (TPSA) is 110 Å². The van der Waals surface area contributed by atoms with Gasteiger partial charge in [0.1, 0.15) is 11.5 Å². The molecule has 8 nitrogen and oxygen atoms in total. The quantitative estimate of drug-likeness (QED) is 0.336. The van der Waals surface area contributed by atoms with Crippen LogP contribution in [-0.2, 0) is 14.8 Å². The van der Waals surface area contributed by atoms with Crippen molar-refractivity contribution in [2.24, 2.45) is 0 Å². The fraction of sp³-hybridized carbons (Fsp3) is 0.0909. The van der Waals surface area contributed by atoms with Crippen LogP contribution in [0.5, 0.6) is 5.75 Å². The summed E-state index contributed by atoms with van der Waals surface area (Å²) in [7, 11) is -3.77. The van der Waals surface area contributed by atoms with E-state index in [4.69, 9.17) is 21.4 Å². The number of hydrogen-bond acceptors (Lipinski definition) is 6. The third-order valence-electron chi connectivity index (χ3n) is 4.02. The minimum atomic E-state index is -3.77. The highest BCUT2D eigenvalue weighted by atomic mass is 32.2. The average molecular weight is 472 g/mol. The number of thiocarbonyl (C=S) groups is 1. The summed E-state index contributed by atoms with van der Waals surface area (Å²) < 4.78 is 38.2. The highest BCUT2D eigenvalue weighted by molar-refractivity contribution is 7.92. The molecular formula is C22H21N3O5S2. The first-order chi connectivity index (χ1) is 15.4. The Labute approximate surface area is 191 Å². The van der Waals surface area contributed by atoms with Gasteiger partial charge in [0.2, 0.25) is 5.91 Å². The van der Waals surface area contributed by atoms with E-state index in [9.17, 15) is 13.2 Å². The van der Waals surface area contributed by atoms with E-state index < -0.39 is 15.9 Å². The van der Waals surface area contributed by atoms with Crippen molar-refractivity contribution in [1.29, 1.82) is 0 Å². The maximum atomic E-state index is 12.6. The fourth-order valence-corrected chi connectivity index (χ4v) is 3.85. The standard InChI is InChI=1S/C22H21N3O5S2/c1-2-29-19-9-5-17(6-10-19)25-32(27,28)20-12-7-16(8-13-20)23-22(31)24-21(26)14-11-18-4-3-15-30-18/h3-15,25H,2H2,1H3,(H2,23,24,26,31)/b14-11+. The number of benzene rings is 2.